The number of esters is 1. The van der Waals surface area contributed by atoms with Gasteiger partial charge in [0.25, 0.3) is 0 Å². The summed E-state index contributed by atoms with van der Waals surface area (Å²) in [5, 5.41) is 0.359. The number of carbonyl (C=O) groups is 3. The van der Waals surface area contributed by atoms with Crippen LogP contribution >= 0.6 is 0 Å². The third-order valence-electron chi connectivity index (χ3n) is 6.51. The van der Waals surface area contributed by atoms with Crippen molar-refractivity contribution < 1.29 is 32.7 Å². The lowest BCUT2D eigenvalue weighted by Crippen LogP contribution is -2.32. The standard InChI is InChI=1S/C27H27FN2O6/c1-14(2)34-21-13-19-22(12-18(21)20-4-3-11-30(20)25(31)16-5-6-16)35-24(15-7-9-17(28)10-8-15)23(19)26(32)36-27(29)33/h7-10,12-14,16,20H,3-6,11H2,1-2H3,(H2,29,33). The molecule has 2 N–H and O–H groups in total. The van der Waals surface area contributed by atoms with E-state index < -0.39 is 17.9 Å². The van der Waals surface area contributed by atoms with Gasteiger partial charge in [0, 0.05) is 29.0 Å². The van der Waals surface area contributed by atoms with Gasteiger partial charge in [-0.3, -0.25) is 4.79 Å². The molecule has 5 rings (SSSR count). The van der Waals surface area contributed by atoms with E-state index in [1.165, 1.54) is 24.3 Å². The number of rotatable bonds is 6. The predicted molar refractivity (Wildman–Crippen MR) is 129 cm³/mol. The Kier molecular flexibility index (Phi) is 6.15. The van der Waals surface area contributed by atoms with Gasteiger partial charge in [0.1, 0.15) is 28.5 Å². The Bertz CT molecular complexity index is 1340. The van der Waals surface area contributed by atoms with E-state index in [9.17, 15) is 18.8 Å². The van der Waals surface area contributed by atoms with Crippen molar-refractivity contribution in [3.63, 3.8) is 0 Å². The molecule has 188 valence electrons. The van der Waals surface area contributed by atoms with Gasteiger partial charge in [-0.05, 0) is 75.9 Å². The van der Waals surface area contributed by atoms with Crippen molar-refractivity contribution in [1.82, 2.24) is 4.90 Å². The van der Waals surface area contributed by atoms with Gasteiger partial charge in [-0.2, -0.15) is 0 Å². The number of hydrogen-bond acceptors (Lipinski definition) is 6. The number of nitrogens with two attached hydrogens (primary N) is 1. The van der Waals surface area contributed by atoms with E-state index in [1.54, 1.807) is 12.1 Å². The minimum atomic E-state index is -1.25. The molecule has 0 bridgehead atoms. The Hall–Kier alpha value is -3.88. The number of amides is 2. The zero-order chi connectivity index (χ0) is 25.6. The molecule has 2 aliphatic rings. The maximum atomic E-state index is 13.6. The molecule has 0 spiro atoms. The molecule has 1 unspecified atom stereocenters. The lowest BCUT2D eigenvalue weighted by Gasteiger charge is -2.27. The van der Waals surface area contributed by atoms with Crippen LogP contribution in [0.1, 0.15) is 61.5 Å². The molecule has 1 aliphatic heterocycles. The first kappa shape index (κ1) is 23.8. The summed E-state index contributed by atoms with van der Waals surface area (Å²) in [6.07, 6.45) is 2.05. The second kappa shape index (κ2) is 9.29. The van der Waals surface area contributed by atoms with Crippen molar-refractivity contribution in [2.45, 2.75) is 51.7 Å². The highest BCUT2D eigenvalue weighted by molar-refractivity contribution is 6.11. The van der Waals surface area contributed by atoms with E-state index in [4.69, 9.17) is 19.6 Å². The second-order valence-electron chi connectivity index (χ2n) is 9.54. The molecule has 2 amide bonds. The monoisotopic (exact) mass is 494 g/mol. The van der Waals surface area contributed by atoms with Gasteiger partial charge in [0.2, 0.25) is 5.91 Å². The number of furan rings is 1. The summed E-state index contributed by atoms with van der Waals surface area (Å²) in [7, 11) is 0. The van der Waals surface area contributed by atoms with Crippen LogP contribution < -0.4 is 10.5 Å². The molecule has 1 aliphatic carbocycles. The first-order chi connectivity index (χ1) is 17.2. The summed E-state index contributed by atoms with van der Waals surface area (Å²) in [6.45, 7) is 4.45. The Labute approximate surface area is 207 Å². The number of carbonyl (C=O) groups excluding carboxylic acids is 3. The normalized spacial score (nSPS) is 17.6. The maximum Gasteiger partial charge on any atom is 0.412 e. The van der Waals surface area contributed by atoms with Crippen molar-refractivity contribution >= 4 is 28.9 Å². The summed E-state index contributed by atoms with van der Waals surface area (Å²) >= 11 is 0. The number of halogens is 1. The highest BCUT2D eigenvalue weighted by atomic mass is 19.1. The fourth-order valence-electron chi connectivity index (χ4n) is 4.82. The molecule has 1 aromatic heterocycles. The van der Waals surface area contributed by atoms with E-state index in [2.05, 4.69) is 0 Å². The molecular weight excluding hydrogens is 467 g/mol. The highest BCUT2D eigenvalue weighted by Gasteiger charge is 2.40. The quantitative estimate of drug-likeness (QED) is 0.366. The molecule has 2 aromatic carbocycles. The average Bonchev–Trinajstić information content (AvgIpc) is 3.43. The summed E-state index contributed by atoms with van der Waals surface area (Å²) in [5.41, 5.74) is 6.64. The molecule has 9 heteroatoms. The van der Waals surface area contributed by atoms with Gasteiger partial charge < -0.3 is 24.5 Å². The SMILES string of the molecule is CC(C)Oc1cc2c(C(=O)OC(N)=O)c(-c3ccc(F)cc3)oc2cc1C1CCCN1C(=O)C1CC1. The number of fused-ring (bicyclic) bond motifs is 1. The number of benzene rings is 2. The lowest BCUT2D eigenvalue weighted by atomic mass is 9.99. The molecule has 36 heavy (non-hydrogen) atoms. The fourth-order valence-corrected chi connectivity index (χ4v) is 4.82. The maximum absolute atomic E-state index is 13.6. The zero-order valence-electron chi connectivity index (χ0n) is 20.1. The minimum absolute atomic E-state index is 0.0205. The van der Waals surface area contributed by atoms with Crippen molar-refractivity contribution in [2.75, 3.05) is 6.54 Å². The molecule has 8 nitrogen and oxygen atoms in total. The molecule has 2 heterocycles. The predicted octanol–water partition coefficient (Wildman–Crippen LogP) is 5.34. The highest BCUT2D eigenvalue weighted by Crippen LogP contribution is 2.45. The Balaban J connectivity index is 1.68. The third-order valence-corrected chi connectivity index (χ3v) is 6.51. The Morgan fingerprint density at radius 1 is 1.11 bits per heavy atom. The molecular formula is C27H27FN2O6. The van der Waals surface area contributed by atoms with Gasteiger partial charge in [0.05, 0.1) is 12.1 Å². The van der Waals surface area contributed by atoms with Crippen LogP contribution in [0.5, 0.6) is 5.75 Å². The third kappa shape index (κ3) is 4.53. The van der Waals surface area contributed by atoms with Crippen LogP contribution in [0.2, 0.25) is 0 Å². The van der Waals surface area contributed by atoms with Gasteiger partial charge in [-0.25, -0.2) is 14.0 Å². The van der Waals surface area contributed by atoms with Crippen molar-refractivity contribution in [1.29, 1.82) is 0 Å². The number of hydrogen-bond donors (Lipinski definition) is 1. The van der Waals surface area contributed by atoms with Crippen LogP contribution in [-0.2, 0) is 9.53 Å². The Morgan fingerprint density at radius 3 is 2.47 bits per heavy atom. The summed E-state index contributed by atoms with van der Waals surface area (Å²) < 4.78 is 30.5. The largest absolute Gasteiger partial charge is 0.491 e. The minimum Gasteiger partial charge on any atom is -0.491 e. The second-order valence-corrected chi connectivity index (χ2v) is 9.54. The van der Waals surface area contributed by atoms with Crippen LogP contribution in [0, 0.1) is 11.7 Å². The van der Waals surface area contributed by atoms with E-state index >= 15 is 0 Å². The first-order valence-corrected chi connectivity index (χ1v) is 12.1. The van der Waals surface area contributed by atoms with Crippen LogP contribution in [0.3, 0.4) is 0 Å². The van der Waals surface area contributed by atoms with Crippen molar-refractivity contribution in [3.05, 3.63) is 53.3 Å². The smallest absolute Gasteiger partial charge is 0.412 e. The Morgan fingerprint density at radius 2 is 1.83 bits per heavy atom. The molecule has 1 saturated carbocycles. The van der Waals surface area contributed by atoms with Crippen molar-refractivity contribution in [2.24, 2.45) is 11.7 Å². The number of nitrogens with zero attached hydrogens (tertiary/aromatic N) is 1. The molecule has 1 saturated heterocycles. The summed E-state index contributed by atoms with van der Waals surface area (Å²) in [5.74, 6) is -0.570. The zero-order valence-corrected chi connectivity index (χ0v) is 20.1. The van der Waals surface area contributed by atoms with Gasteiger partial charge in [-0.1, -0.05) is 0 Å². The van der Waals surface area contributed by atoms with Gasteiger partial charge in [0.15, 0.2) is 0 Å². The van der Waals surface area contributed by atoms with Gasteiger partial charge in [-0.15, -0.1) is 0 Å². The first-order valence-electron chi connectivity index (χ1n) is 12.1. The summed E-state index contributed by atoms with van der Waals surface area (Å²) in [4.78, 5) is 39.2. The lowest BCUT2D eigenvalue weighted by molar-refractivity contribution is -0.133. The molecule has 2 fully saturated rings. The van der Waals surface area contributed by atoms with Crippen LogP contribution in [0.25, 0.3) is 22.3 Å². The van der Waals surface area contributed by atoms with Crippen LogP contribution in [-0.4, -0.2) is 35.5 Å². The van der Waals surface area contributed by atoms with E-state index in [-0.39, 0.29) is 35.3 Å². The number of primary amides is 1. The molecule has 1 atom stereocenters. The number of likely N-dealkylation sites (tertiary alicyclic amines) is 1. The van der Waals surface area contributed by atoms with Crippen molar-refractivity contribution in [3.8, 4) is 17.1 Å². The van der Waals surface area contributed by atoms with Crippen LogP contribution in [0.15, 0.2) is 40.8 Å². The fraction of sp³-hybridized carbons (Fsp3) is 0.370. The topological polar surface area (TPSA) is 112 Å². The molecule has 3 aromatic rings. The van der Waals surface area contributed by atoms with E-state index in [1.807, 2.05) is 18.7 Å². The number of ether oxygens (including phenoxy) is 2. The molecule has 0 radical (unpaired) electrons. The van der Waals surface area contributed by atoms with Crippen LogP contribution in [0.4, 0.5) is 9.18 Å². The van der Waals surface area contributed by atoms with E-state index in [0.717, 1.165) is 31.2 Å². The summed E-state index contributed by atoms with van der Waals surface area (Å²) in [6, 6.07) is 8.69. The van der Waals surface area contributed by atoms with Gasteiger partial charge >= 0.3 is 12.1 Å². The van der Waals surface area contributed by atoms with E-state index in [0.29, 0.717) is 28.8 Å². The average molecular weight is 495 g/mol.